The zero-order chi connectivity index (χ0) is 19.9. The number of pyridine rings is 1. The van der Waals surface area contributed by atoms with Gasteiger partial charge < -0.3 is 19.7 Å². The molecule has 0 bridgehead atoms. The van der Waals surface area contributed by atoms with E-state index in [0.29, 0.717) is 30.2 Å². The summed E-state index contributed by atoms with van der Waals surface area (Å²) in [7, 11) is 3.07. The molecule has 7 nitrogen and oxygen atoms in total. The average molecular weight is 383 g/mol. The third-order valence-electron chi connectivity index (χ3n) is 4.90. The maximum atomic E-state index is 12.8. The summed E-state index contributed by atoms with van der Waals surface area (Å²) in [6.45, 7) is 2.04. The van der Waals surface area contributed by atoms with Gasteiger partial charge in [-0.2, -0.15) is 0 Å². The van der Waals surface area contributed by atoms with Crippen LogP contribution < -0.4 is 14.8 Å². The van der Waals surface area contributed by atoms with Crippen molar-refractivity contribution in [1.29, 1.82) is 0 Å². The molecule has 1 saturated heterocycles. The smallest absolute Gasteiger partial charge is 0.223 e. The monoisotopic (exact) mass is 383 g/mol. The van der Waals surface area contributed by atoms with Crippen molar-refractivity contribution < 1.29 is 19.1 Å². The summed E-state index contributed by atoms with van der Waals surface area (Å²) in [6.07, 6.45) is 3.82. The fraction of sp³-hybridized carbons (Fsp3) is 0.381. The van der Waals surface area contributed by atoms with E-state index in [1.165, 1.54) is 7.11 Å². The Bertz CT molecular complexity index is 826. The van der Waals surface area contributed by atoms with Gasteiger partial charge in [-0.05, 0) is 29.8 Å². The molecule has 0 spiro atoms. The van der Waals surface area contributed by atoms with Crippen molar-refractivity contribution in [2.75, 3.05) is 33.9 Å². The van der Waals surface area contributed by atoms with E-state index >= 15 is 0 Å². The second-order valence-corrected chi connectivity index (χ2v) is 6.59. The van der Waals surface area contributed by atoms with Crippen LogP contribution in [0.4, 0.5) is 0 Å². The number of aromatic nitrogens is 1. The second kappa shape index (κ2) is 9.32. The summed E-state index contributed by atoms with van der Waals surface area (Å²) in [6, 6.07) is 8.81. The van der Waals surface area contributed by atoms with Crippen LogP contribution in [0.15, 0.2) is 42.7 Å². The lowest BCUT2D eigenvalue weighted by atomic mass is 10.0. The van der Waals surface area contributed by atoms with Crippen LogP contribution in [0.3, 0.4) is 0 Å². The lowest BCUT2D eigenvalue weighted by Gasteiger charge is -2.36. The summed E-state index contributed by atoms with van der Waals surface area (Å²) < 4.78 is 10.4. The highest BCUT2D eigenvalue weighted by Crippen LogP contribution is 2.28. The van der Waals surface area contributed by atoms with Crippen LogP contribution in [0, 0.1) is 0 Å². The fourth-order valence-corrected chi connectivity index (χ4v) is 3.39. The lowest BCUT2D eigenvalue weighted by Crippen LogP contribution is -2.48. The maximum absolute atomic E-state index is 12.8. The van der Waals surface area contributed by atoms with Crippen molar-refractivity contribution in [2.24, 2.45) is 0 Å². The molecule has 0 aliphatic carbocycles. The Hall–Kier alpha value is -2.93. The third kappa shape index (κ3) is 4.48. The third-order valence-corrected chi connectivity index (χ3v) is 4.90. The number of piperazine rings is 1. The van der Waals surface area contributed by atoms with Gasteiger partial charge in [-0.3, -0.25) is 14.6 Å². The number of nitrogens with zero attached hydrogens (tertiary/aromatic N) is 2. The number of carbonyl (C=O) groups is 2. The van der Waals surface area contributed by atoms with E-state index in [4.69, 9.17) is 9.47 Å². The standard InChI is InChI=1S/C21H25N3O4/c1-27-19-7-5-15(12-20(19)28-2)18(25)6-8-21(26)24-11-10-23-14-17(24)16-4-3-9-22-13-16/h3-5,7,9,12-13,17,23H,6,8,10-11,14H2,1-2H3. The molecule has 0 radical (unpaired) electrons. The first-order valence-electron chi connectivity index (χ1n) is 9.29. The molecule has 1 amide bonds. The fourth-order valence-electron chi connectivity index (χ4n) is 3.39. The van der Waals surface area contributed by atoms with Crippen molar-refractivity contribution in [3.63, 3.8) is 0 Å². The normalized spacial score (nSPS) is 16.5. The Morgan fingerprint density at radius 1 is 1.18 bits per heavy atom. The van der Waals surface area contributed by atoms with Gasteiger partial charge in [-0.15, -0.1) is 0 Å². The van der Waals surface area contributed by atoms with Gasteiger partial charge >= 0.3 is 0 Å². The first-order chi connectivity index (χ1) is 13.6. The van der Waals surface area contributed by atoms with Crippen LogP contribution in [0.1, 0.15) is 34.8 Å². The Morgan fingerprint density at radius 3 is 2.71 bits per heavy atom. The number of nitrogens with one attached hydrogen (secondary N) is 1. The van der Waals surface area contributed by atoms with E-state index in [9.17, 15) is 9.59 Å². The highest BCUT2D eigenvalue weighted by atomic mass is 16.5. The zero-order valence-electron chi connectivity index (χ0n) is 16.2. The predicted molar refractivity (Wildman–Crippen MR) is 105 cm³/mol. The van der Waals surface area contributed by atoms with Gasteiger partial charge in [0.2, 0.25) is 5.91 Å². The van der Waals surface area contributed by atoms with E-state index in [0.717, 1.165) is 12.1 Å². The zero-order valence-corrected chi connectivity index (χ0v) is 16.2. The Labute approximate surface area is 164 Å². The van der Waals surface area contributed by atoms with Gasteiger partial charge in [-0.25, -0.2) is 0 Å². The number of hydrogen-bond acceptors (Lipinski definition) is 6. The molecule has 2 heterocycles. The van der Waals surface area contributed by atoms with Crippen molar-refractivity contribution >= 4 is 11.7 Å². The number of benzene rings is 1. The number of rotatable bonds is 7. The number of Topliss-reactive ketones (excluding diaryl/α,β-unsaturated/α-hetero) is 1. The SMILES string of the molecule is COc1ccc(C(=O)CCC(=O)N2CCNCC2c2cccnc2)cc1OC. The molecule has 3 rings (SSSR count). The number of carbonyl (C=O) groups excluding carboxylic acids is 2. The van der Waals surface area contributed by atoms with E-state index in [2.05, 4.69) is 10.3 Å². The van der Waals surface area contributed by atoms with Gasteiger partial charge in [0.15, 0.2) is 17.3 Å². The largest absolute Gasteiger partial charge is 0.493 e. The first-order valence-corrected chi connectivity index (χ1v) is 9.29. The van der Waals surface area contributed by atoms with Crippen LogP contribution in [-0.2, 0) is 4.79 Å². The second-order valence-electron chi connectivity index (χ2n) is 6.59. The van der Waals surface area contributed by atoms with Crippen molar-refractivity contribution in [3.8, 4) is 11.5 Å². The molecule has 2 aromatic rings. The minimum absolute atomic E-state index is 0.0239. The molecule has 1 aromatic heterocycles. The molecule has 148 valence electrons. The van der Waals surface area contributed by atoms with Crippen molar-refractivity contribution in [2.45, 2.75) is 18.9 Å². The number of methoxy groups -OCH3 is 2. The molecule has 0 saturated carbocycles. The van der Waals surface area contributed by atoms with Crippen molar-refractivity contribution in [1.82, 2.24) is 15.2 Å². The molecular weight excluding hydrogens is 358 g/mol. The van der Waals surface area contributed by atoms with Gasteiger partial charge in [0.25, 0.3) is 0 Å². The topological polar surface area (TPSA) is 80.8 Å². The first kappa shape index (κ1) is 19.8. The van der Waals surface area contributed by atoms with Crippen LogP contribution >= 0.6 is 0 Å². The van der Waals surface area contributed by atoms with Gasteiger partial charge in [0, 0.05) is 50.4 Å². The molecule has 1 atom stereocenters. The molecule has 7 heteroatoms. The Kier molecular flexibility index (Phi) is 6.60. The van der Waals surface area contributed by atoms with E-state index in [1.807, 2.05) is 17.0 Å². The van der Waals surface area contributed by atoms with Crippen LogP contribution in [0.25, 0.3) is 0 Å². The summed E-state index contributed by atoms with van der Waals surface area (Å²) in [5, 5.41) is 3.32. The highest BCUT2D eigenvalue weighted by Gasteiger charge is 2.28. The lowest BCUT2D eigenvalue weighted by molar-refractivity contribution is -0.134. The Balaban J connectivity index is 1.64. The summed E-state index contributed by atoms with van der Waals surface area (Å²) in [5.41, 5.74) is 1.50. The molecular formula is C21H25N3O4. The highest BCUT2D eigenvalue weighted by molar-refractivity contribution is 5.98. The van der Waals surface area contributed by atoms with Crippen molar-refractivity contribution in [3.05, 3.63) is 53.9 Å². The van der Waals surface area contributed by atoms with Gasteiger partial charge in [0.1, 0.15) is 0 Å². The number of ketones is 1. The summed E-state index contributed by atoms with van der Waals surface area (Å²) >= 11 is 0. The summed E-state index contributed by atoms with van der Waals surface area (Å²) in [4.78, 5) is 31.4. The van der Waals surface area contributed by atoms with Crippen LogP contribution in [0.2, 0.25) is 0 Å². The molecule has 1 aliphatic rings. The minimum atomic E-state index is -0.0950. The van der Waals surface area contributed by atoms with E-state index in [-0.39, 0.29) is 30.6 Å². The predicted octanol–water partition coefficient (Wildman–Crippen LogP) is 2.23. The number of hydrogen-bond donors (Lipinski definition) is 1. The van der Waals surface area contributed by atoms with E-state index in [1.54, 1.807) is 37.7 Å². The number of amides is 1. The maximum Gasteiger partial charge on any atom is 0.223 e. The molecule has 1 fully saturated rings. The molecule has 1 aromatic carbocycles. The average Bonchev–Trinajstić information content (AvgIpc) is 2.77. The van der Waals surface area contributed by atoms with Crippen LogP contribution in [0.5, 0.6) is 11.5 Å². The number of ether oxygens (including phenoxy) is 2. The van der Waals surface area contributed by atoms with Gasteiger partial charge in [-0.1, -0.05) is 6.07 Å². The molecule has 1 N–H and O–H groups in total. The van der Waals surface area contributed by atoms with Gasteiger partial charge in [0.05, 0.1) is 20.3 Å². The van der Waals surface area contributed by atoms with Crippen LogP contribution in [-0.4, -0.2) is 55.4 Å². The molecule has 1 unspecified atom stereocenters. The van der Waals surface area contributed by atoms with E-state index < -0.39 is 0 Å². The molecule has 1 aliphatic heterocycles. The minimum Gasteiger partial charge on any atom is -0.493 e. The quantitative estimate of drug-likeness (QED) is 0.739. The summed E-state index contributed by atoms with van der Waals surface area (Å²) in [5.74, 6) is 0.945. The molecule has 28 heavy (non-hydrogen) atoms. The Morgan fingerprint density at radius 2 is 2.00 bits per heavy atom.